The molecule has 140 valence electrons. The molecule has 4 aromatic rings. The second kappa shape index (κ2) is 7.34. The van der Waals surface area contributed by atoms with Crippen molar-refractivity contribution in [3.63, 3.8) is 0 Å². The fraction of sp³-hybridized carbons (Fsp3) is 0.150. The van der Waals surface area contributed by atoms with E-state index in [9.17, 15) is 9.65 Å². The van der Waals surface area contributed by atoms with Gasteiger partial charge < -0.3 is 5.32 Å². The van der Waals surface area contributed by atoms with Crippen LogP contribution in [0.4, 0.5) is 15.2 Å². The Labute approximate surface area is 173 Å². The number of thiazole rings is 1. The van der Waals surface area contributed by atoms with Crippen LogP contribution in [0, 0.1) is 24.1 Å². The first-order chi connectivity index (χ1) is 13.5. The smallest absolute Gasteiger partial charge is 0.189 e. The first kappa shape index (κ1) is 18.6. The SMILES string of the molecule is CCc1nn2cc(C)c(Br)cc2c1Nc1nc(-c2ccc(F)cc2)c(C#N)s1. The Morgan fingerprint density at radius 1 is 1.32 bits per heavy atom. The number of fused-ring (bicyclic) bond motifs is 1. The molecule has 28 heavy (non-hydrogen) atoms. The Balaban J connectivity index is 1.79. The monoisotopic (exact) mass is 455 g/mol. The van der Waals surface area contributed by atoms with E-state index in [-0.39, 0.29) is 5.82 Å². The molecule has 0 saturated heterocycles. The minimum atomic E-state index is -0.323. The lowest BCUT2D eigenvalue weighted by Crippen LogP contribution is -1.93. The molecule has 4 rings (SSSR count). The average molecular weight is 456 g/mol. The third-order valence-electron chi connectivity index (χ3n) is 4.39. The number of anilines is 2. The zero-order chi connectivity index (χ0) is 19.8. The molecule has 0 unspecified atom stereocenters. The quantitative estimate of drug-likeness (QED) is 0.419. The van der Waals surface area contributed by atoms with Gasteiger partial charge in [0.15, 0.2) is 5.13 Å². The maximum Gasteiger partial charge on any atom is 0.189 e. The Kier molecular flexibility index (Phi) is 4.87. The van der Waals surface area contributed by atoms with Crippen molar-refractivity contribution in [2.24, 2.45) is 0 Å². The summed E-state index contributed by atoms with van der Waals surface area (Å²) in [7, 11) is 0. The van der Waals surface area contributed by atoms with Gasteiger partial charge in [0, 0.05) is 16.2 Å². The third kappa shape index (κ3) is 3.28. The normalized spacial score (nSPS) is 11.0. The number of nitrogens with zero attached hydrogens (tertiary/aromatic N) is 4. The van der Waals surface area contributed by atoms with Crippen molar-refractivity contribution in [2.75, 3.05) is 5.32 Å². The van der Waals surface area contributed by atoms with Crippen molar-refractivity contribution < 1.29 is 4.39 Å². The van der Waals surface area contributed by atoms with E-state index in [2.05, 4.69) is 37.4 Å². The molecular formula is C20H15BrFN5S. The van der Waals surface area contributed by atoms with Gasteiger partial charge in [0.2, 0.25) is 0 Å². The maximum atomic E-state index is 13.2. The number of nitrogens with one attached hydrogen (secondary N) is 1. The molecule has 0 aliphatic rings. The third-order valence-corrected chi connectivity index (χ3v) is 6.12. The first-order valence-corrected chi connectivity index (χ1v) is 10.2. The zero-order valence-corrected chi connectivity index (χ0v) is 17.5. The van der Waals surface area contributed by atoms with Crippen molar-refractivity contribution in [3.8, 4) is 17.3 Å². The number of hydrogen-bond acceptors (Lipinski definition) is 5. The maximum absolute atomic E-state index is 13.2. The van der Waals surface area contributed by atoms with Crippen LogP contribution in [0.1, 0.15) is 23.1 Å². The predicted octanol–water partition coefficient (Wildman–Crippen LogP) is 5.85. The summed E-state index contributed by atoms with van der Waals surface area (Å²) in [5.41, 5.74) is 5.04. The van der Waals surface area contributed by atoms with Gasteiger partial charge in [0.05, 0.1) is 16.9 Å². The second-order valence-corrected chi connectivity index (χ2v) is 8.10. The molecule has 0 amide bonds. The highest BCUT2D eigenvalue weighted by atomic mass is 79.9. The summed E-state index contributed by atoms with van der Waals surface area (Å²) in [6, 6.07) is 10.2. The second-order valence-electron chi connectivity index (χ2n) is 6.25. The number of aryl methyl sites for hydroxylation is 2. The van der Waals surface area contributed by atoms with Crippen LogP contribution in [0.25, 0.3) is 16.8 Å². The average Bonchev–Trinajstić information content (AvgIpc) is 3.24. The van der Waals surface area contributed by atoms with E-state index < -0.39 is 0 Å². The minimum Gasteiger partial charge on any atom is -0.328 e. The van der Waals surface area contributed by atoms with Crippen molar-refractivity contribution in [3.05, 3.63) is 63.0 Å². The van der Waals surface area contributed by atoms with Crippen LogP contribution < -0.4 is 5.32 Å². The first-order valence-electron chi connectivity index (χ1n) is 8.61. The van der Waals surface area contributed by atoms with Crippen LogP contribution in [0.5, 0.6) is 0 Å². The van der Waals surface area contributed by atoms with Gasteiger partial charge in [0.1, 0.15) is 22.5 Å². The number of hydrogen-bond donors (Lipinski definition) is 1. The van der Waals surface area contributed by atoms with E-state index in [0.29, 0.717) is 21.3 Å². The van der Waals surface area contributed by atoms with Gasteiger partial charge in [-0.25, -0.2) is 13.9 Å². The summed E-state index contributed by atoms with van der Waals surface area (Å²) < 4.78 is 16.1. The number of benzene rings is 1. The van der Waals surface area contributed by atoms with Gasteiger partial charge in [-0.05, 0) is 49.2 Å². The summed E-state index contributed by atoms with van der Waals surface area (Å²) in [6.07, 6.45) is 2.72. The van der Waals surface area contributed by atoms with Crippen LogP contribution in [0.3, 0.4) is 0 Å². The molecule has 0 aliphatic carbocycles. The van der Waals surface area contributed by atoms with Gasteiger partial charge >= 0.3 is 0 Å². The van der Waals surface area contributed by atoms with Crippen LogP contribution in [-0.2, 0) is 6.42 Å². The fourth-order valence-electron chi connectivity index (χ4n) is 2.96. The standard InChI is InChI=1S/C20H15BrFN5S/c1-3-15-19(16-8-14(21)11(2)10-27(16)26-15)25-20-24-18(17(9-23)28-20)12-4-6-13(22)7-5-12/h4-8,10H,3H2,1-2H3,(H,24,25). The zero-order valence-electron chi connectivity index (χ0n) is 15.1. The highest BCUT2D eigenvalue weighted by molar-refractivity contribution is 9.10. The highest BCUT2D eigenvalue weighted by Crippen LogP contribution is 2.35. The van der Waals surface area contributed by atoms with E-state index in [1.807, 2.05) is 30.6 Å². The minimum absolute atomic E-state index is 0.323. The topological polar surface area (TPSA) is 66.0 Å². The molecule has 0 radical (unpaired) electrons. The predicted molar refractivity (Wildman–Crippen MR) is 113 cm³/mol. The van der Waals surface area contributed by atoms with E-state index >= 15 is 0 Å². The Morgan fingerprint density at radius 3 is 2.75 bits per heavy atom. The largest absolute Gasteiger partial charge is 0.328 e. The number of pyridine rings is 1. The Hall–Kier alpha value is -2.76. The molecule has 0 fully saturated rings. The van der Waals surface area contributed by atoms with E-state index in [0.717, 1.165) is 33.4 Å². The van der Waals surface area contributed by atoms with E-state index in [1.165, 1.54) is 23.5 Å². The molecule has 0 aliphatic heterocycles. The molecule has 1 aromatic carbocycles. The lowest BCUT2D eigenvalue weighted by atomic mass is 10.1. The molecule has 8 heteroatoms. The Bertz CT molecular complexity index is 1220. The molecule has 0 bridgehead atoms. The number of aromatic nitrogens is 3. The summed E-state index contributed by atoms with van der Waals surface area (Å²) in [5.74, 6) is -0.323. The van der Waals surface area contributed by atoms with Crippen LogP contribution >= 0.6 is 27.3 Å². The molecule has 0 spiro atoms. The molecule has 3 heterocycles. The van der Waals surface area contributed by atoms with Gasteiger partial charge in [-0.3, -0.25) is 0 Å². The molecule has 1 N–H and O–H groups in total. The Morgan fingerprint density at radius 2 is 2.07 bits per heavy atom. The van der Waals surface area contributed by atoms with Gasteiger partial charge in [-0.15, -0.1) is 0 Å². The summed E-state index contributed by atoms with van der Waals surface area (Å²) in [4.78, 5) is 5.06. The number of rotatable bonds is 4. The fourth-order valence-corrected chi connectivity index (χ4v) is 4.06. The van der Waals surface area contributed by atoms with Crippen LogP contribution in [0.15, 0.2) is 41.0 Å². The number of halogens is 2. The van der Waals surface area contributed by atoms with Crippen molar-refractivity contribution in [2.45, 2.75) is 20.3 Å². The van der Waals surface area contributed by atoms with Crippen LogP contribution in [0.2, 0.25) is 0 Å². The van der Waals surface area contributed by atoms with Gasteiger partial charge in [-0.1, -0.05) is 34.2 Å². The highest BCUT2D eigenvalue weighted by Gasteiger charge is 2.18. The summed E-state index contributed by atoms with van der Waals surface area (Å²) >= 11 is 4.84. The number of nitriles is 1. The molecule has 0 saturated carbocycles. The summed E-state index contributed by atoms with van der Waals surface area (Å²) in [5, 5.41) is 18.1. The molecule has 5 nitrogen and oxygen atoms in total. The van der Waals surface area contributed by atoms with Crippen molar-refractivity contribution >= 4 is 43.6 Å². The van der Waals surface area contributed by atoms with E-state index in [1.54, 1.807) is 12.1 Å². The van der Waals surface area contributed by atoms with Crippen molar-refractivity contribution in [1.29, 1.82) is 5.26 Å². The van der Waals surface area contributed by atoms with Crippen molar-refractivity contribution in [1.82, 2.24) is 14.6 Å². The van der Waals surface area contributed by atoms with Crippen LogP contribution in [-0.4, -0.2) is 14.6 Å². The molecule has 0 atom stereocenters. The molecular weight excluding hydrogens is 441 g/mol. The lowest BCUT2D eigenvalue weighted by molar-refractivity contribution is 0.628. The van der Waals surface area contributed by atoms with Gasteiger partial charge in [-0.2, -0.15) is 10.4 Å². The summed E-state index contributed by atoms with van der Waals surface area (Å²) in [6.45, 7) is 4.06. The lowest BCUT2D eigenvalue weighted by Gasteiger charge is -2.04. The molecule has 3 aromatic heterocycles. The van der Waals surface area contributed by atoms with E-state index in [4.69, 9.17) is 0 Å². The van der Waals surface area contributed by atoms with Gasteiger partial charge in [0.25, 0.3) is 0 Å².